The van der Waals surface area contributed by atoms with Gasteiger partial charge in [0.2, 0.25) is 5.95 Å². The highest BCUT2D eigenvalue weighted by atomic mass is 16.5. The summed E-state index contributed by atoms with van der Waals surface area (Å²) in [5.41, 5.74) is 6.41. The predicted molar refractivity (Wildman–Crippen MR) is 192 cm³/mol. The molecule has 0 unspecified atom stereocenters. The van der Waals surface area contributed by atoms with Crippen LogP contribution in [0, 0.1) is 18.3 Å². The SMILES string of the molecule is COC1CC(N2CCC3(CCN(c4ccc5nc6n(c5c4)C[C@H](C)CCCOc4ccncc4-c4cc(cc(C)n4)C(=O)N6)CC3)CC2)C1. The quantitative estimate of drug-likeness (QED) is 0.258. The van der Waals surface area contributed by atoms with E-state index in [1.165, 1.54) is 57.3 Å². The van der Waals surface area contributed by atoms with E-state index in [9.17, 15) is 4.79 Å². The van der Waals surface area contributed by atoms with Gasteiger partial charge in [-0.25, -0.2) is 4.98 Å². The number of aromatic nitrogens is 4. The molecular weight excluding hydrogens is 614 g/mol. The Balaban J connectivity index is 1.02. The van der Waals surface area contributed by atoms with Crippen molar-refractivity contribution in [1.82, 2.24) is 24.4 Å². The molecule has 3 aromatic heterocycles. The summed E-state index contributed by atoms with van der Waals surface area (Å²) in [6, 6.07) is 12.9. The van der Waals surface area contributed by atoms with Crippen molar-refractivity contribution >= 4 is 28.6 Å². The Morgan fingerprint density at radius 2 is 1.80 bits per heavy atom. The molecule has 258 valence electrons. The molecule has 3 fully saturated rings. The molecule has 1 N–H and O–H groups in total. The fraction of sp³-hybridized carbons (Fsp3) is 0.538. The van der Waals surface area contributed by atoms with E-state index in [0.717, 1.165) is 66.6 Å². The molecule has 1 aromatic carbocycles. The van der Waals surface area contributed by atoms with E-state index < -0.39 is 0 Å². The summed E-state index contributed by atoms with van der Waals surface area (Å²) in [7, 11) is 1.85. The number of carbonyl (C=O) groups excluding carboxylic acids is 1. The number of fused-ring (bicyclic) bond motifs is 7. The van der Waals surface area contributed by atoms with Gasteiger partial charge in [0.05, 0.1) is 35.0 Å². The van der Waals surface area contributed by atoms with E-state index in [1.54, 1.807) is 12.4 Å². The molecule has 1 aliphatic carbocycles. The van der Waals surface area contributed by atoms with Crippen molar-refractivity contribution in [3.8, 4) is 17.0 Å². The van der Waals surface area contributed by atoms with Crippen LogP contribution in [0.1, 0.15) is 74.3 Å². The first-order valence-corrected chi connectivity index (χ1v) is 18.3. The summed E-state index contributed by atoms with van der Waals surface area (Å²) in [5, 5.41) is 3.18. The molecule has 8 rings (SSSR count). The van der Waals surface area contributed by atoms with Crippen LogP contribution in [-0.4, -0.2) is 82.4 Å². The van der Waals surface area contributed by atoms with Crippen LogP contribution < -0.4 is 15.0 Å². The largest absolute Gasteiger partial charge is 0.493 e. The van der Waals surface area contributed by atoms with Crippen molar-refractivity contribution in [3.05, 3.63) is 60.0 Å². The summed E-state index contributed by atoms with van der Waals surface area (Å²) in [6.45, 7) is 10.1. The highest BCUT2D eigenvalue weighted by molar-refractivity contribution is 6.05. The molecule has 10 nitrogen and oxygen atoms in total. The molecule has 2 bridgehead atoms. The Hall–Kier alpha value is -4.02. The summed E-state index contributed by atoms with van der Waals surface area (Å²) in [5.74, 6) is 1.46. The average molecular weight is 664 g/mol. The molecule has 10 heteroatoms. The number of nitrogens with one attached hydrogen (secondary N) is 1. The number of aryl methyl sites for hydroxylation is 1. The molecule has 4 aliphatic rings. The zero-order valence-corrected chi connectivity index (χ0v) is 29.2. The second-order valence-electron chi connectivity index (χ2n) is 15.0. The third-order valence-corrected chi connectivity index (χ3v) is 11.8. The third kappa shape index (κ3) is 6.53. The Morgan fingerprint density at radius 1 is 1.00 bits per heavy atom. The molecule has 1 saturated carbocycles. The van der Waals surface area contributed by atoms with E-state index in [0.29, 0.717) is 41.2 Å². The Labute approximate surface area is 289 Å². The summed E-state index contributed by atoms with van der Waals surface area (Å²) >= 11 is 0. The number of hydrogen-bond acceptors (Lipinski definition) is 8. The molecule has 1 spiro atoms. The van der Waals surface area contributed by atoms with Gasteiger partial charge in [0, 0.05) is 62.1 Å². The standard InChI is InChI=1S/C39H49N7O3/c1-26-5-4-18-49-36-8-13-40-24-32(36)34-20-28(19-27(2)41-34)37(47)43-38-42-33-7-6-29(23-35(33)46(38)25-26)44-14-9-39(10-15-44)11-16-45(17-12-39)30-21-31(22-30)48-3/h6-8,13,19-20,23-24,26,30-31H,4-5,9-12,14-18,21-22,25H2,1-3H3,(H,42,43,47)/t26-,30?,31?/m1/s1. The fourth-order valence-corrected chi connectivity index (χ4v) is 8.55. The van der Waals surface area contributed by atoms with Crippen molar-refractivity contribution in [3.63, 3.8) is 0 Å². The van der Waals surface area contributed by atoms with Gasteiger partial charge in [0.1, 0.15) is 5.75 Å². The topological polar surface area (TPSA) is 97.6 Å². The minimum Gasteiger partial charge on any atom is -0.493 e. The maximum absolute atomic E-state index is 13.8. The van der Waals surface area contributed by atoms with E-state index >= 15 is 0 Å². The molecule has 1 amide bonds. The van der Waals surface area contributed by atoms with Gasteiger partial charge in [-0.3, -0.25) is 20.1 Å². The minimum absolute atomic E-state index is 0.208. The van der Waals surface area contributed by atoms with Crippen LogP contribution in [0.2, 0.25) is 0 Å². The maximum Gasteiger partial charge on any atom is 0.258 e. The Morgan fingerprint density at radius 3 is 2.59 bits per heavy atom. The number of imidazole rings is 1. The number of methoxy groups -OCH3 is 1. The number of rotatable bonds is 3. The van der Waals surface area contributed by atoms with Crippen molar-refractivity contribution < 1.29 is 14.3 Å². The van der Waals surface area contributed by atoms with E-state index in [4.69, 9.17) is 19.4 Å². The van der Waals surface area contributed by atoms with Crippen LogP contribution in [0.4, 0.5) is 11.6 Å². The number of amides is 1. The van der Waals surface area contributed by atoms with E-state index in [2.05, 4.69) is 49.8 Å². The number of nitrogens with zero attached hydrogens (tertiary/aromatic N) is 6. The molecule has 49 heavy (non-hydrogen) atoms. The first-order valence-electron chi connectivity index (χ1n) is 18.3. The van der Waals surface area contributed by atoms with Crippen molar-refractivity contribution in [2.75, 3.05) is 50.1 Å². The van der Waals surface area contributed by atoms with Crippen LogP contribution in [0.5, 0.6) is 5.75 Å². The van der Waals surface area contributed by atoms with Crippen molar-refractivity contribution in [1.29, 1.82) is 0 Å². The fourth-order valence-electron chi connectivity index (χ4n) is 8.55. The van der Waals surface area contributed by atoms with Gasteiger partial charge in [0.15, 0.2) is 0 Å². The summed E-state index contributed by atoms with van der Waals surface area (Å²) in [4.78, 5) is 33.1. The zero-order valence-electron chi connectivity index (χ0n) is 29.2. The maximum atomic E-state index is 13.8. The molecule has 3 aliphatic heterocycles. The van der Waals surface area contributed by atoms with Crippen LogP contribution in [0.3, 0.4) is 0 Å². The van der Waals surface area contributed by atoms with Gasteiger partial charge in [-0.15, -0.1) is 0 Å². The molecule has 6 heterocycles. The van der Waals surface area contributed by atoms with Crippen LogP contribution in [0.15, 0.2) is 48.8 Å². The van der Waals surface area contributed by atoms with Gasteiger partial charge >= 0.3 is 0 Å². The molecular formula is C39H49N7O3. The molecule has 0 radical (unpaired) electrons. The number of anilines is 2. The average Bonchev–Trinajstić information content (AvgIpc) is 3.42. The van der Waals surface area contributed by atoms with Gasteiger partial charge in [-0.2, -0.15) is 0 Å². The smallest absolute Gasteiger partial charge is 0.258 e. The Bertz CT molecular complexity index is 1810. The highest BCUT2D eigenvalue weighted by Crippen LogP contribution is 2.44. The van der Waals surface area contributed by atoms with Gasteiger partial charge < -0.3 is 23.8 Å². The number of ether oxygens (including phenoxy) is 2. The lowest BCUT2D eigenvalue weighted by Gasteiger charge is -2.51. The van der Waals surface area contributed by atoms with Crippen molar-refractivity contribution in [2.24, 2.45) is 11.3 Å². The number of hydrogen-bond donors (Lipinski definition) is 1. The second-order valence-corrected chi connectivity index (χ2v) is 15.0. The van der Waals surface area contributed by atoms with Crippen LogP contribution in [0.25, 0.3) is 22.3 Å². The minimum atomic E-state index is -0.208. The number of pyridine rings is 2. The number of likely N-dealkylation sites (tertiary alicyclic amines) is 1. The third-order valence-electron chi connectivity index (χ3n) is 11.8. The van der Waals surface area contributed by atoms with E-state index in [1.807, 2.05) is 32.2 Å². The Kier molecular flexibility index (Phi) is 8.78. The van der Waals surface area contributed by atoms with E-state index in [-0.39, 0.29) is 5.91 Å². The second kappa shape index (κ2) is 13.4. The first-order chi connectivity index (χ1) is 23.9. The molecule has 1 atom stereocenters. The lowest BCUT2D eigenvalue weighted by atomic mass is 9.70. The van der Waals surface area contributed by atoms with Gasteiger partial charge in [-0.1, -0.05) is 6.92 Å². The number of carbonyl (C=O) groups is 1. The highest BCUT2D eigenvalue weighted by Gasteiger charge is 2.41. The lowest BCUT2D eigenvalue weighted by Crippen LogP contribution is -2.53. The lowest BCUT2D eigenvalue weighted by molar-refractivity contribution is -0.0480. The van der Waals surface area contributed by atoms with Crippen LogP contribution in [-0.2, 0) is 11.3 Å². The first kappa shape index (κ1) is 32.2. The molecule has 2 saturated heterocycles. The van der Waals surface area contributed by atoms with Gasteiger partial charge in [-0.05, 0) is 119 Å². The predicted octanol–water partition coefficient (Wildman–Crippen LogP) is 6.72. The number of benzene rings is 1. The zero-order chi connectivity index (χ0) is 33.5. The summed E-state index contributed by atoms with van der Waals surface area (Å²) in [6.07, 6.45) is 13.4. The van der Waals surface area contributed by atoms with Gasteiger partial charge in [0.25, 0.3) is 5.91 Å². The van der Waals surface area contributed by atoms with Crippen LogP contribution >= 0.6 is 0 Å². The normalized spacial score (nSPS) is 24.6. The number of piperidine rings is 2. The van der Waals surface area contributed by atoms with Crippen molar-refractivity contribution in [2.45, 2.75) is 83.9 Å². The molecule has 4 aromatic rings. The monoisotopic (exact) mass is 663 g/mol. The summed E-state index contributed by atoms with van der Waals surface area (Å²) < 4.78 is 14.0.